The van der Waals surface area contributed by atoms with Gasteiger partial charge >= 0.3 is 0 Å². The van der Waals surface area contributed by atoms with Gasteiger partial charge in [-0.3, -0.25) is 4.79 Å². The van der Waals surface area contributed by atoms with Gasteiger partial charge in [-0.15, -0.1) is 0 Å². The Hall–Kier alpha value is -0.570. The third-order valence-corrected chi connectivity index (χ3v) is 1.79. The molecule has 0 spiro atoms. The summed E-state index contributed by atoms with van der Waals surface area (Å²) in [5.41, 5.74) is 0. The molecule has 0 atom stereocenters. The van der Waals surface area contributed by atoms with Crippen LogP contribution in [0.2, 0.25) is 0 Å². The van der Waals surface area contributed by atoms with Crippen molar-refractivity contribution in [3.8, 4) is 0 Å². The van der Waals surface area contributed by atoms with Gasteiger partial charge in [-0.2, -0.15) is 0 Å². The van der Waals surface area contributed by atoms with Gasteiger partial charge in [0.25, 0.3) is 0 Å². The van der Waals surface area contributed by atoms with E-state index in [1.807, 2.05) is 13.8 Å². The van der Waals surface area contributed by atoms with Crippen LogP contribution in [0.1, 0.15) is 41.0 Å². The Morgan fingerprint density at radius 1 is 1.21 bits per heavy atom. The molecule has 1 amide bonds. The highest BCUT2D eigenvalue weighted by Crippen LogP contribution is 1.88. The first kappa shape index (κ1) is 15.9. The van der Waals surface area contributed by atoms with Gasteiger partial charge in [-0.05, 0) is 19.5 Å². The standard InChI is InChI=1S/C9H20N2O.C2H6/c1-4-7-11(5-2)8-6-10-9(3)12;1-2/h4-8H2,1-3H3,(H,10,12);1-2H3. The first-order valence-corrected chi connectivity index (χ1v) is 5.67. The van der Waals surface area contributed by atoms with E-state index in [2.05, 4.69) is 24.1 Å². The molecule has 0 aromatic rings. The van der Waals surface area contributed by atoms with Crippen molar-refractivity contribution in [3.63, 3.8) is 0 Å². The summed E-state index contributed by atoms with van der Waals surface area (Å²) in [5.74, 6) is 0.0579. The maximum absolute atomic E-state index is 10.5. The van der Waals surface area contributed by atoms with Gasteiger partial charge in [0.15, 0.2) is 0 Å². The SMILES string of the molecule is CC.CCCN(CC)CCNC(C)=O. The largest absolute Gasteiger partial charge is 0.355 e. The highest BCUT2D eigenvalue weighted by Gasteiger charge is 1.99. The molecule has 0 radical (unpaired) electrons. The van der Waals surface area contributed by atoms with Crippen LogP contribution in [-0.4, -0.2) is 37.0 Å². The predicted molar refractivity (Wildman–Crippen MR) is 62.4 cm³/mol. The highest BCUT2D eigenvalue weighted by molar-refractivity contribution is 5.72. The maximum Gasteiger partial charge on any atom is 0.216 e. The smallest absolute Gasteiger partial charge is 0.216 e. The van der Waals surface area contributed by atoms with Gasteiger partial charge in [-0.25, -0.2) is 0 Å². The molecule has 0 rings (SSSR count). The van der Waals surface area contributed by atoms with E-state index in [1.165, 1.54) is 6.42 Å². The van der Waals surface area contributed by atoms with Crippen LogP contribution in [0.3, 0.4) is 0 Å². The highest BCUT2D eigenvalue weighted by atomic mass is 16.1. The van der Waals surface area contributed by atoms with Crippen LogP contribution in [0, 0.1) is 0 Å². The molecule has 0 aromatic carbocycles. The molecule has 0 aromatic heterocycles. The molecule has 86 valence electrons. The lowest BCUT2D eigenvalue weighted by molar-refractivity contribution is -0.119. The second-order valence-corrected chi connectivity index (χ2v) is 2.92. The van der Waals surface area contributed by atoms with E-state index in [0.717, 1.165) is 26.2 Å². The quantitative estimate of drug-likeness (QED) is 0.713. The number of nitrogens with zero attached hydrogens (tertiary/aromatic N) is 1. The van der Waals surface area contributed by atoms with Gasteiger partial charge in [-0.1, -0.05) is 27.7 Å². The average molecular weight is 202 g/mol. The number of rotatable bonds is 6. The second-order valence-electron chi connectivity index (χ2n) is 2.92. The fourth-order valence-corrected chi connectivity index (χ4v) is 1.13. The zero-order valence-electron chi connectivity index (χ0n) is 10.4. The summed E-state index contributed by atoms with van der Waals surface area (Å²) in [6.07, 6.45) is 1.17. The molecule has 0 aliphatic heterocycles. The maximum atomic E-state index is 10.5. The third kappa shape index (κ3) is 11.4. The van der Waals surface area contributed by atoms with Crippen LogP contribution < -0.4 is 5.32 Å². The average Bonchev–Trinajstić information content (AvgIpc) is 2.19. The minimum absolute atomic E-state index is 0.0579. The van der Waals surface area contributed by atoms with Crippen molar-refractivity contribution in [1.82, 2.24) is 10.2 Å². The van der Waals surface area contributed by atoms with Crippen LogP contribution in [0.5, 0.6) is 0 Å². The van der Waals surface area contributed by atoms with E-state index in [9.17, 15) is 4.79 Å². The fourth-order valence-electron chi connectivity index (χ4n) is 1.13. The Morgan fingerprint density at radius 3 is 2.14 bits per heavy atom. The third-order valence-electron chi connectivity index (χ3n) is 1.79. The summed E-state index contributed by atoms with van der Waals surface area (Å²) in [7, 11) is 0. The Morgan fingerprint density at radius 2 is 1.79 bits per heavy atom. The second kappa shape index (κ2) is 12.4. The van der Waals surface area contributed by atoms with Crippen LogP contribution in [0.15, 0.2) is 0 Å². The van der Waals surface area contributed by atoms with Gasteiger partial charge in [0.2, 0.25) is 5.91 Å². The number of hydrogen-bond donors (Lipinski definition) is 1. The molecule has 14 heavy (non-hydrogen) atoms. The summed E-state index contributed by atoms with van der Waals surface area (Å²) >= 11 is 0. The molecule has 0 aliphatic rings. The zero-order valence-corrected chi connectivity index (χ0v) is 10.4. The lowest BCUT2D eigenvalue weighted by atomic mass is 10.4. The normalized spacial score (nSPS) is 9.29. The Bertz CT molecular complexity index is 126. The van der Waals surface area contributed by atoms with E-state index in [0.29, 0.717) is 0 Å². The minimum atomic E-state index is 0.0579. The van der Waals surface area contributed by atoms with Crippen LogP contribution >= 0.6 is 0 Å². The number of amides is 1. The molecule has 0 heterocycles. The first-order chi connectivity index (χ1) is 6.70. The van der Waals surface area contributed by atoms with E-state index < -0.39 is 0 Å². The molecule has 0 unspecified atom stereocenters. The molecule has 0 fully saturated rings. The topological polar surface area (TPSA) is 32.3 Å². The van der Waals surface area contributed by atoms with Crippen LogP contribution in [0.4, 0.5) is 0 Å². The Kier molecular flexibility index (Phi) is 14.1. The summed E-state index contributed by atoms with van der Waals surface area (Å²) in [4.78, 5) is 12.9. The van der Waals surface area contributed by atoms with Gasteiger partial charge in [0.05, 0.1) is 0 Å². The molecule has 1 N–H and O–H groups in total. The van der Waals surface area contributed by atoms with E-state index in [1.54, 1.807) is 6.92 Å². The van der Waals surface area contributed by atoms with Crippen molar-refractivity contribution in [3.05, 3.63) is 0 Å². The lowest BCUT2D eigenvalue weighted by Gasteiger charge is -2.19. The summed E-state index contributed by atoms with van der Waals surface area (Å²) in [5, 5.41) is 2.79. The lowest BCUT2D eigenvalue weighted by Crippen LogP contribution is -2.34. The van der Waals surface area contributed by atoms with Crippen molar-refractivity contribution in [2.24, 2.45) is 0 Å². The van der Waals surface area contributed by atoms with Crippen molar-refractivity contribution in [2.45, 2.75) is 41.0 Å². The molecule has 0 aliphatic carbocycles. The van der Waals surface area contributed by atoms with E-state index in [4.69, 9.17) is 0 Å². The number of carbonyl (C=O) groups is 1. The molecule has 0 saturated carbocycles. The van der Waals surface area contributed by atoms with Crippen molar-refractivity contribution >= 4 is 5.91 Å². The monoisotopic (exact) mass is 202 g/mol. The van der Waals surface area contributed by atoms with Crippen molar-refractivity contribution < 1.29 is 4.79 Å². The van der Waals surface area contributed by atoms with Crippen molar-refractivity contribution in [2.75, 3.05) is 26.2 Å². The molecular weight excluding hydrogens is 176 g/mol. The molecule has 3 nitrogen and oxygen atoms in total. The predicted octanol–water partition coefficient (Wildman–Crippen LogP) is 1.88. The van der Waals surface area contributed by atoms with Crippen LogP contribution in [-0.2, 0) is 4.79 Å². The number of carbonyl (C=O) groups excluding carboxylic acids is 1. The van der Waals surface area contributed by atoms with Gasteiger partial charge in [0, 0.05) is 20.0 Å². The fraction of sp³-hybridized carbons (Fsp3) is 0.909. The van der Waals surface area contributed by atoms with E-state index >= 15 is 0 Å². The van der Waals surface area contributed by atoms with Gasteiger partial charge in [0.1, 0.15) is 0 Å². The summed E-state index contributed by atoms with van der Waals surface area (Å²) in [6.45, 7) is 13.8. The molecular formula is C11H26N2O. The number of hydrogen-bond acceptors (Lipinski definition) is 2. The molecule has 3 heteroatoms. The number of likely N-dealkylation sites (N-methyl/N-ethyl adjacent to an activating group) is 1. The van der Waals surface area contributed by atoms with Crippen LogP contribution in [0.25, 0.3) is 0 Å². The first-order valence-electron chi connectivity index (χ1n) is 5.67. The Labute approximate surface area is 88.9 Å². The van der Waals surface area contributed by atoms with Crippen molar-refractivity contribution in [1.29, 1.82) is 0 Å². The minimum Gasteiger partial charge on any atom is -0.355 e. The Balaban J connectivity index is 0. The molecule has 0 saturated heterocycles. The van der Waals surface area contributed by atoms with E-state index in [-0.39, 0.29) is 5.91 Å². The molecule has 0 bridgehead atoms. The zero-order chi connectivity index (χ0) is 11.4. The van der Waals surface area contributed by atoms with Gasteiger partial charge < -0.3 is 10.2 Å². The number of nitrogens with one attached hydrogen (secondary N) is 1. The summed E-state index contributed by atoms with van der Waals surface area (Å²) < 4.78 is 0. The summed E-state index contributed by atoms with van der Waals surface area (Å²) in [6, 6.07) is 0.